The molecule has 0 aliphatic heterocycles. The summed E-state index contributed by atoms with van der Waals surface area (Å²) in [7, 11) is 0. The molecule has 0 radical (unpaired) electrons. The summed E-state index contributed by atoms with van der Waals surface area (Å²) in [6.45, 7) is 0.384. The summed E-state index contributed by atoms with van der Waals surface area (Å²) in [5.74, 6) is 0.496. The summed E-state index contributed by atoms with van der Waals surface area (Å²) in [5, 5.41) is 11.0. The van der Waals surface area contributed by atoms with Gasteiger partial charge in [-0.1, -0.05) is 47.6 Å². The van der Waals surface area contributed by atoms with Crippen molar-refractivity contribution in [3.05, 3.63) is 86.6 Å². The van der Waals surface area contributed by atoms with E-state index in [4.69, 9.17) is 5.53 Å². The molecule has 0 saturated heterocycles. The van der Waals surface area contributed by atoms with E-state index in [9.17, 15) is 0 Å². The zero-order valence-electron chi connectivity index (χ0n) is 15.3. The Bertz CT molecular complexity index is 1250. The minimum atomic E-state index is 0.384. The van der Waals surface area contributed by atoms with Gasteiger partial charge in [0.2, 0.25) is 0 Å². The molecular formula is C23H19N3S2. The first-order valence-corrected chi connectivity index (χ1v) is 10.8. The number of nitrogens with zero attached hydrogens (tertiary/aromatic N) is 3. The second kappa shape index (κ2) is 7.17. The van der Waals surface area contributed by atoms with Crippen molar-refractivity contribution in [3.8, 4) is 0 Å². The number of thiophene rings is 1. The SMILES string of the molecule is [N-]=[N+]=NCc1cc2ccccc2c2ccc3c(c12)CC(c1ccsc1S)CC3. The average Bonchev–Trinajstić information content (AvgIpc) is 3.17. The largest absolute Gasteiger partial charge is 0.137 e. The molecule has 1 atom stereocenters. The maximum Gasteiger partial charge on any atom is 0.0603 e. The summed E-state index contributed by atoms with van der Waals surface area (Å²) < 4.78 is 1.13. The fourth-order valence-electron chi connectivity index (χ4n) is 4.68. The van der Waals surface area contributed by atoms with Crippen LogP contribution in [0.25, 0.3) is 32.0 Å². The van der Waals surface area contributed by atoms with Gasteiger partial charge in [0.1, 0.15) is 0 Å². The molecule has 1 aliphatic carbocycles. The molecule has 0 N–H and O–H groups in total. The highest BCUT2D eigenvalue weighted by Crippen LogP contribution is 2.42. The first kappa shape index (κ1) is 17.6. The zero-order valence-corrected chi connectivity index (χ0v) is 17.0. The van der Waals surface area contributed by atoms with Gasteiger partial charge in [-0.05, 0) is 86.0 Å². The maximum absolute atomic E-state index is 8.90. The average molecular weight is 402 g/mol. The maximum atomic E-state index is 8.90. The quantitative estimate of drug-likeness (QED) is 0.122. The van der Waals surface area contributed by atoms with E-state index in [0.717, 1.165) is 29.0 Å². The molecule has 5 rings (SSSR count). The number of fused-ring (bicyclic) bond motifs is 5. The van der Waals surface area contributed by atoms with Crippen molar-refractivity contribution in [1.82, 2.24) is 0 Å². The molecule has 28 heavy (non-hydrogen) atoms. The number of hydrogen-bond donors (Lipinski definition) is 1. The van der Waals surface area contributed by atoms with Crippen LogP contribution < -0.4 is 0 Å². The van der Waals surface area contributed by atoms with Crippen molar-refractivity contribution < 1.29 is 0 Å². The first-order valence-electron chi connectivity index (χ1n) is 9.48. The molecule has 0 bridgehead atoms. The Morgan fingerprint density at radius 2 is 2.04 bits per heavy atom. The fraction of sp³-hybridized carbons (Fsp3) is 0.217. The minimum Gasteiger partial charge on any atom is -0.137 e. The minimum absolute atomic E-state index is 0.384. The normalized spacial score (nSPS) is 16.1. The van der Waals surface area contributed by atoms with Crippen molar-refractivity contribution >= 4 is 45.5 Å². The second-order valence-electron chi connectivity index (χ2n) is 7.39. The molecule has 0 amide bonds. The molecule has 4 aromatic rings. The number of benzene rings is 3. The number of aryl methyl sites for hydroxylation is 1. The highest BCUT2D eigenvalue weighted by Gasteiger charge is 2.25. The van der Waals surface area contributed by atoms with Crippen LogP contribution in [0.2, 0.25) is 0 Å². The highest BCUT2D eigenvalue weighted by atomic mass is 32.2. The van der Waals surface area contributed by atoms with Gasteiger partial charge in [0.05, 0.1) is 10.8 Å². The van der Waals surface area contributed by atoms with Gasteiger partial charge in [-0.3, -0.25) is 0 Å². The van der Waals surface area contributed by atoms with Gasteiger partial charge in [0.15, 0.2) is 0 Å². The molecule has 1 aliphatic rings. The highest BCUT2D eigenvalue weighted by molar-refractivity contribution is 7.82. The van der Waals surface area contributed by atoms with Crippen LogP contribution in [0.5, 0.6) is 0 Å². The third kappa shape index (κ3) is 2.87. The van der Waals surface area contributed by atoms with E-state index < -0.39 is 0 Å². The lowest BCUT2D eigenvalue weighted by Gasteiger charge is -2.27. The van der Waals surface area contributed by atoms with Gasteiger partial charge >= 0.3 is 0 Å². The van der Waals surface area contributed by atoms with Gasteiger partial charge in [-0.2, -0.15) is 0 Å². The van der Waals surface area contributed by atoms with Gasteiger partial charge in [0, 0.05) is 4.91 Å². The topological polar surface area (TPSA) is 48.8 Å². The summed E-state index contributed by atoms with van der Waals surface area (Å²) in [4.78, 5) is 3.01. The lowest BCUT2D eigenvalue weighted by Crippen LogP contribution is -2.13. The number of hydrogen-bond acceptors (Lipinski definition) is 3. The van der Waals surface area contributed by atoms with E-state index in [1.54, 1.807) is 11.3 Å². The Kier molecular flexibility index (Phi) is 4.52. The summed E-state index contributed by atoms with van der Waals surface area (Å²) in [6, 6.07) is 17.5. The molecule has 0 fully saturated rings. The van der Waals surface area contributed by atoms with Gasteiger partial charge in [-0.25, -0.2) is 0 Å². The molecule has 1 unspecified atom stereocenters. The predicted molar refractivity (Wildman–Crippen MR) is 121 cm³/mol. The van der Waals surface area contributed by atoms with Crippen LogP contribution in [0, 0.1) is 0 Å². The van der Waals surface area contributed by atoms with Crippen LogP contribution in [0.15, 0.2) is 63.2 Å². The molecule has 0 saturated carbocycles. The van der Waals surface area contributed by atoms with Crippen molar-refractivity contribution in [2.24, 2.45) is 5.11 Å². The van der Waals surface area contributed by atoms with Gasteiger partial charge < -0.3 is 0 Å². The standard InChI is InChI=1S/C23H19N3S2/c24-26-25-13-17-11-15-3-1-2-4-18(15)20-8-7-14-5-6-16(12-21(14)22(17)20)19-9-10-28-23(19)27/h1-4,7-11,16,27H,5-6,12-13H2. The number of azide groups is 1. The zero-order chi connectivity index (χ0) is 19.1. The number of thiol groups is 1. The van der Waals surface area contributed by atoms with Gasteiger partial charge in [-0.15, -0.1) is 24.0 Å². The van der Waals surface area contributed by atoms with Crippen molar-refractivity contribution in [3.63, 3.8) is 0 Å². The lowest BCUT2D eigenvalue weighted by atomic mass is 9.77. The molecule has 1 aromatic heterocycles. The third-order valence-electron chi connectivity index (χ3n) is 5.94. The molecule has 3 aromatic carbocycles. The summed E-state index contributed by atoms with van der Waals surface area (Å²) in [6.07, 6.45) is 3.24. The van der Waals surface area contributed by atoms with Crippen LogP contribution in [-0.4, -0.2) is 0 Å². The van der Waals surface area contributed by atoms with E-state index in [1.807, 2.05) is 0 Å². The monoisotopic (exact) mass is 401 g/mol. The smallest absolute Gasteiger partial charge is 0.0603 e. The van der Waals surface area contributed by atoms with Crippen LogP contribution in [-0.2, 0) is 19.4 Å². The Morgan fingerprint density at radius 3 is 2.86 bits per heavy atom. The molecule has 1 heterocycles. The van der Waals surface area contributed by atoms with Crippen molar-refractivity contribution in [1.29, 1.82) is 0 Å². The van der Waals surface area contributed by atoms with Crippen molar-refractivity contribution in [2.75, 3.05) is 0 Å². The Morgan fingerprint density at radius 1 is 1.14 bits per heavy atom. The fourth-order valence-corrected chi connectivity index (χ4v) is 5.83. The number of rotatable bonds is 3. The van der Waals surface area contributed by atoms with E-state index in [-0.39, 0.29) is 0 Å². The third-order valence-corrected chi connectivity index (χ3v) is 7.25. The van der Waals surface area contributed by atoms with Crippen LogP contribution >= 0.6 is 24.0 Å². The molecule has 5 heteroatoms. The Balaban J connectivity index is 1.76. The molecular weight excluding hydrogens is 382 g/mol. The van der Waals surface area contributed by atoms with E-state index in [0.29, 0.717) is 12.5 Å². The van der Waals surface area contributed by atoms with E-state index in [2.05, 4.69) is 76.6 Å². The lowest BCUT2D eigenvalue weighted by molar-refractivity contribution is 0.583. The molecule has 0 spiro atoms. The predicted octanol–water partition coefficient (Wildman–Crippen LogP) is 7.43. The Labute approximate surface area is 173 Å². The van der Waals surface area contributed by atoms with Crippen molar-refractivity contribution in [2.45, 2.75) is 35.9 Å². The first-order chi connectivity index (χ1) is 13.8. The van der Waals surface area contributed by atoms with E-state index >= 15 is 0 Å². The molecule has 138 valence electrons. The van der Waals surface area contributed by atoms with Crippen LogP contribution in [0.4, 0.5) is 0 Å². The molecule has 3 nitrogen and oxygen atoms in total. The van der Waals surface area contributed by atoms with Crippen LogP contribution in [0.1, 0.15) is 34.6 Å². The Hall–Kier alpha value is -2.46. The summed E-state index contributed by atoms with van der Waals surface area (Å²) >= 11 is 6.39. The summed E-state index contributed by atoms with van der Waals surface area (Å²) in [5.41, 5.74) is 14.2. The van der Waals surface area contributed by atoms with Crippen LogP contribution in [0.3, 0.4) is 0 Å². The van der Waals surface area contributed by atoms with E-state index in [1.165, 1.54) is 38.2 Å². The van der Waals surface area contributed by atoms with Gasteiger partial charge in [0.25, 0.3) is 0 Å². The second-order valence-corrected chi connectivity index (χ2v) is 9.06.